The number of hydrogen-bond acceptors (Lipinski definition) is 6. The lowest BCUT2D eigenvalue weighted by Crippen LogP contribution is -2.33. The Kier molecular flexibility index (Phi) is 7.43. The van der Waals surface area contributed by atoms with Gasteiger partial charge in [0.2, 0.25) is 17.7 Å². The zero-order chi connectivity index (χ0) is 30.6. The van der Waals surface area contributed by atoms with E-state index < -0.39 is 69.5 Å². The number of carbonyl (C=O) groups excluding carboxylic acids is 3. The molecular weight excluding hydrogens is 630 g/mol. The topological polar surface area (TPSA) is 88.5 Å². The van der Waals surface area contributed by atoms with Crippen LogP contribution in [0.1, 0.15) is 21.9 Å². The van der Waals surface area contributed by atoms with Crippen molar-refractivity contribution in [1.82, 2.24) is 4.57 Å². The van der Waals surface area contributed by atoms with Crippen molar-refractivity contribution in [1.29, 1.82) is 0 Å². The summed E-state index contributed by atoms with van der Waals surface area (Å²) in [5.41, 5.74) is -0.884. The van der Waals surface area contributed by atoms with Gasteiger partial charge in [0, 0.05) is 21.5 Å². The first-order valence-electron chi connectivity index (χ1n) is 12.7. The zero-order valence-electron chi connectivity index (χ0n) is 21.6. The third-order valence-corrected chi connectivity index (χ3v) is 10.0. The molecule has 1 saturated heterocycles. The Morgan fingerprint density at radius 3 is 2.28 bits per heavy atom. The maximum absolute atomic E-state index is 13.9. The number of benzene rings is 3. The minimum absolute atomic E-state index is 0.262. The molecule has 2 aliphatic rings. The maximum Gasteiger partial charge on any atom is 0.418 e. The number of hydrogen-bond donors (Lipinski definition) is 1. The van der Waals surface area contributed by atoms with E-state index in [-0.39, 0.29) is 5.03 Å². The molecule has 1 aromatic heterocycles. The molecule has 3 aromatic carbocycles. The van der Waals surface area contributed by atoms with Gasteiger partial charge in [-0.25, -0.2) is 9.29 Å². The molecule has 7 nitrogen and oxygen atoms in total. The van der Waals surface area contributed by atoms with E-state index in [0.29, 0.717) is 26.1 Å². The normalized spacial score (nSPS) is 19.7. The molecule has 6 rings (SSSR count). The highest BCUT2D eigenvalue weighted by atomic mass is 35.5. The molecule has 220 valence electrons. The number of thiazole rings is 1. The number of anilines is 2. The molecule has 0 radical (unpaired) electrons. The number of rotatable bonds is 5. The largest absolute Gasteiger partial charge is 0.418 e. The number of nitrogens with zero attached hydrogens (tertiary/aromatic N) is 2. The summed E-state index contributed by atoms with van der Waals surface area (Å²) in [6.45, 7) is -0.456. The smallest absolute Gasteiger partial charge is 0.325 e. The maximum atomic E-state index is 13.9. The Hall–Kier alpha value is -3.94. The SMILES string of the molecule is O=C(Cn1c2c(sc1=O)[C@@H](c1ccc(Cl)cc1)[C@@H]1C(=O)N(c3ccccc3C(F)(F)F)C(=O)[C@@H]1S2)Nc1ccc(F)cc1. The van der Waals surface area contributed by atoms with Crippen LogP contribution in [0.2, 0.25) is 5.02 Å². The van der Waals surface area contributed by atoms with Crippen molar-refractivity contribution in [3.8, 4) is 0 Å². The van der Waals surface area contributed by atoms with Crippen LogP contribution in [0.25, 0.3) is 0 Å². The Bertz CT molecular complexity index is 1820. The third kappa shape index (κ3) is 5.25. The van der Waals surface area contributed by atoms with Crippen molar-refractivity contribution < 1.29 is 31.9 Å². The molecule has 3 amide bonds. The second-order valence-electron chi connectivity index (χ2n) is 9.80. The first-order valence-corrected chi connectivity index (χ1v) is 14.8. The summed E-state index contributed by atoms with van der Waals surface area (Å²) >= 11 is 7.75. The van der Waals surface area contributed by atoms with E-state index in [0.717, 1.165) is 47.4 Å². The number of alkyl halides is 3. The minimum Gasteiger partial charge on any atom is -0.325 e. The Morgan fingerprint density at radius 2 is 1.60 bits per heavy atom. The van der Waals surface area contributed by atoms with Crippen LogP contribution in [0.3, 0.4) is 0 Å². The summed E-state index contributed by atoms with van der Waals surface area (Å²) < 4.78 is 56.2. The molecule has 0 unspecified atom stereocenters. The van der Waals surface area contributed by atoms with Crippen LogP contribution in [0.15, 0.2) is 82.6 Å². The number of amides is 3. The average Bonchev–Trinajstić information content (AvgIpc) is 3.40. The minimum atomic E-state index is -4.83. The Morgan fingerprint density at radius 1 is 0.930 bits per heavy atom. The van der Waals surface area contributed by atoms with Crippen LogP contribution < -0.4 is 15.1 Å². The van der Waals surface area contributed by atoms with E-state index in [1.54, 1.807) is 24.3 Å². The highest BCUT2D eigenvalue weighted by Crippen LogP contribution is 2.54. The molecular formula is C29H18ClF4N3O4S2. The molecule has 3 heterocycles. The van der Waals surface area contributed by atoms with Crippen LogP contribution in [0, 0.1) is 11.7 Å². The summed E-state index contributed by atoms with van der Waals surface area (Å²) in [5, 5.41) is 2.06. The van der Waals surface area contributed by atoms with Crippen LogP contribution in [-0.2, 0) is 27.1 Å². The molecule has 0 bridgehead atoms. The Labute approximate surface area is 254 Å². The van der Waals surface area contributed by atoms with Gasteiger partial charge in [0.15, 0.2) is 0 Å². The number of aromatic nitrogens is 1. The van der Waals surface area contributed by atoms with Gasteiger partial charge in [-0.1, -0.05) is 59.0 Å². The number of fused-ring (bicyclic) bond motifs is 2. The molecule has 14 heteroatoms. The van der Waals surface area contributed by atoms with E-state index in [1.807, 2.05) is 0 Å². The molecule has 0 spiro atoms. The van der Waals surface area contributed by atoms with E-state index in [1.165, 1.54) is 28.8 Å². The predicted molar refractivity (Wildman–Crippen MR) is 154 cm³/mol. The number of carbonyl (C=O) groups is 3. The second-order valence-corrected chi connectivity index (χ2v) is 12.4. The van der Waals surface area contributed by atoms with E-state index in [9.17, 15) is 36.7 Å². The van der Waals surface area contributed by atoms with Crippen LogP contribution >= 0.6 is 34.7 Å². The second kappa shape index (κ2) is 11.0. The van der Waals surface area contributed by atoms with Gasteiger partial charge in [0.1, 0.15) is 17.6 Å². The van der Waals surface area contributed by atoms with Gasteiger partial charge in [-0.05, 0) is 54.1 Å². The van der Waals surface area contributed by atoms with Gasteiger partial charge < -0.3 is 5.32 Å². The van der Waals surface area contributed by atoms with Gasteiger partial charge in [0.25, 0.3) is 0 Å². The van der Waals surface area contributed by atoms with Crippen molar-refractivity contribution >= 4 is 63.8 Å². The fourth-order valence-electron chi connectivity index (χ4n) is 5.31. The van der Waals surface area contributed by atoms with Crippen molar-refractivity contribution in [3.05, 3.63) is 109 Å². The molecule has 43 heavy (non-hydrogen) atoms. The van der Waals surface area contributed by atoms with E-state index in [2.05, 4.69) is 5.32 Å². The lowest BCUT2D eigenvalue weighted by molar-refractivity contribution is -0.137. The average molecular weight is 648 g/mol. The zero-order valence-corrected chi connectivity index (χ0v) is 24.0. The quantitative estimate of drug-likeness (QED) is 0.207. The fourth-order valence-corrected chi connectivity index (χ4v) is 8.21. The molecule has 3 atom stereocenters. The number of imide groups is 1. The first kappa shape index (κ1) is 29.1. The molecule has 1 fully saturated rings. The highest BCUT2D eigenvalue weighted by molar-refractivity contribution is 8.00. The van der Waals surface area contributed by atoms with Crippen molar-refractivity contribution in [2.24, 2.45) is 5.92 Å². The number of thioether (sulfide) groups is 1. The summed E-state index contributed by atoms with van der Waals surface area (Å²) in [4.78, 5) is 54.2. The number of nitrogens with one attached hydrogen (secondary N) is 1. The fraction of sp³-hybridized carbons (Fsp3) is 0.172. The summed E-state index contributed by atoms with van der Waals surface area (Å²) in [6, 6.07) is 15.8. The lowest BCUT2D eigenvalue weighted by Gasteiger charge is -2.30. The van der Waals surface area contributed by atoms with Crippen molar-refractivity contribution in [2.45, 2.75) is 28.9 Å². The molecule has 1 N–H and O–H groups in total. The summed E-state index contributed by atoms with van der Waals surface area (Å²) in [6.07, 6.45) is -4.83. The van der Waals surface area contributed by atoms with Crippen molar-refractivity contribution in [3.63, 3.8) is 0 Å². The van der Waals surface area contributed by atoms with Gasteiger partial charge >= 0.3 is 11.0 Å². The van der Waals surface area contributed by atoms with E-state index in [4.69, 9.17) is 11.6 Å². The standard InChI is InChI=1S/C29H18ClF4N3O4S2/c30-15-7-5-14(6-8-15)21-22-23(26(40)37(25(22)39)19-4-2-1-3-18(19)29(32,33)34)42-27-24(21)43-28(41)36(27)13-20(38)35-17-11-9-16(31)10-12-17/h1-12,21-23H,13H2,(H,35,38)/t21-,22-,23+/m0/s1. The number of para-hydroxylation sites is 1. The first-order chi connectivity index (χ1) is 20.4. The summed E-state index contributed by atoms with van der Waals surface area (Å²) in [7, 11) is 0. The van der Waals surface area contributed by atoms with E-state index >= 15 is 0 Å². The molecule has 0 saturated carbocycles. The highest BCUT2D eigenvalue weighted by Gasteiger charge is 2.57. The van der Waals surface area contributed by atoms with Crippen molar-refractivity contribution in [2.75, 3.05) is 10.2 Å². The third-order valence-electron chi connectivity index (χ3n) is 7.16. The van der Waals surface area contributed by atoms with Gasteiger partial charge in [-0.3, -0.25) is 23.7 Å². The van der Waals surface area contributed by atoms with Gasteiger partial charge in [0.05, 0.1) is 22.2 Å². The van der Waals surface area contributed by atoms with Crippen LogP contribution in [0.4, 0.5) is 28.9 Å². The lowest BCUT2D eigenvalue weighted by atomic mass is 9.83. The molecule has 0 aliphatic carbocycles. The van der Waals surface area contributed by atoms with Gasteiger partial charge in [-0.15, -0.1) is 0 Å². The summed E-state index contributed by atoms with van der Waals surface area (Å²) in [5.74, 6) is -4.80. The van der Waals surface area contributed by atoms with Gasteiger partial charge in [-0.2, -0.15) is 13.2 Å². The number of halogens is 5. The van der Waals surface area contributed by atoms with Crippen LogP contribution in [-0.4, -0.2) is 27.5 Å². The molecule has 2 aliphatic heterocycles. The predicted octanol–water partition coefficient (Wildman–Crippen LogP) is 6.16. The monoisotopic (exact) mass is 647 g/mol. The Balaban J connectivity index is 1.43. The van der Waals surface area contributed by atoms with Crippen LogP contribution in [0.5, 0.6) is 0 Å². The molecule has 4 aromatic rings.